The van der Waals surface area contributed by atoms with Gasteiger partial charge in [-0.15, -0.1) is 11.3 Å². The standard InChI is InChI=1S/C27H39N5O5S2/c1-7-31-13-12-21-22(16-31)38-26(23(21)25(34)30-27(35)28-6)29-24(33)19-8-10-20(11-9-19)39(36,37)32(14-17(2)3)15-18(4)5/h8-11,17-18H,7,12-16H2,1-6H3,(H,29,33)(H2,28,30,34,35). The predicted octanol–water partition coefficient (Wildman–Crippen LogP) is 3.75. The molecule has 1 aromatic carbocycles. The maximum absolute atomic E-state index is 13.3. The molecule has 0 radical (unpaired) electrons. The van der Waals surface area contributed by atoms with Crippen molar-refractivity contribution in [1.29, 1.82) is 0 Å². The van der Waals surface area contributed by atoms with Crippen molar-refractivity contribution >= 4 is 44.2 Å². The van der Waals surface area contributed by atoms with Crippen LogP contribution in [0.1, 0.15) is 65.8 Å². The largest absolute Gasteiger partial charge is 0.341 e. The van der Waals surface area contributed by atoms with Crippen LogP contribution in [0.4, 0.5) is 9.80 Å². The van der Waals surface area contributed by atoms with Crippen molar-refractivity contribution in [1.82, 2.24) is 19.8 Å². The van der Waals surface area contributed by atoms with Crippen molar-refractivity contribution < 1.29 is 22.8 Å². The minimum atomic E-state index is -3.73. The number of amides is 4. The molecule has 4 amide bonds. The molecule has 3 rings (SSSR count). The van der Waals surface area contributed by atoms with Crippen LogP contribution in [0.5, 0.6) is 0 Å². The zero-order chi connectivity index (χ0) is 28.9. The molecule has 1 aliphatic heterocycles. The van der Waals surface area contributed by atoms with Crippen molar-refractivity contribution in [3.63, 3.8) is 0 Å². The number of benzene rings is 1. The number of sulfonamides is 1. The summed E-state index contributed by atoms with van der Waals surface area (Å²) in [5.74, 6) is -0.720. The summed E-state index contributed by atoms with van der Waals surface area (Å²) in [5, 5.41) is 7.87. The highest BCUT2D eigenvalue weighted by atomic mass is 32.2. The van der Waals surface area contributed by atoms with E-state index in [9.17, 15) is 22.8 Å². The van der Waals surface area contributed by atoms with E-state index in [4.69, 9.17) is 0 Å². The van der Waals surface area contributed by atoms with Gasteiger partial charge in [-0.25, -0.2) is 13.2 Å². The minimum Gasteiger partial charge on any atom is -0.341 e. The first-order valence-electron chi connectivity index (χ1n) is 13.2. The van der Waals surface area contributed by atoms with Crippen molar-refractivity contribution in [2.45, 2.75) is 52.5 Å². The summed E-state index contributed by atoms with van der Waals surface area (Å²) in [6.45, 7) is 13.1. The van der Waals surface area contributed by atoms with Gasteiger partial charge in [-0.2, -0.15) is 4.31 Å². The average molecular weight is 578 g/mol. The average Bonchev–Trinajstić information content (AvgIpc) is 3.24. The Balaban J connectivity index is 1.87. The smallest absolute Gasteiger partial charge is 0.321 e. The van der Waals surface area contributed by atoms with Crippen LogP contribution in [-0.4, -0.2) is 68.7 Å². The van der Waals surface area contributed by atoms with E-state index in [0.717, 1.165) is 23.5 Å². The van der Waals surface area contributed by atoms with Crippen molar-refractivity contribution in [3.8, 4) is 0 Å². The van der Waals surface area contributed by atoms with Crippen LogP contribution in [-0.2, 0) is 23.0 Å². The van der Waals surface area contributed by atoms with E-state index in [2.05, 4.69) is 27.8 Å². The number of nitrogens with one attached hydrogen (secondary N) is 3. The Hall–Kier alpha value is -2.80. The monoisotopic (exact) mass is 577 g/mol. The lowest BCUT2D eigenvalue weighted by molar-refractivity contribution is 0.0964. The molecule has 3 N–H and O–H groups in total. The number of hydrogen-bond acceptors (Lipinski definition) is 7. The molecule has 1 aliphatic rings. The molecular formula is C27H39N5O5S2. The van der Waals surface area contributed by atoms with E-state index >= 15 is 0 Å². The fourth-order valence-corrected chi connectivity index (χ4v) is 7.52. The Morgan fingerprint density at radius 3 is 2.18 bits per heavy atom. The van der Waals surface area contributed by atoms with Crippen molar-refractivity contribution in [2.24, 2.45) is 11.8 Å². The number of nitrogens with zero attached hydrogens (tertiary/aromatic N) is 2. The molecule has 0 bridgehead atoms. The Morgan fingerprint density at radius 2 is 1.64 bits per heavy atom. The molecule has 10 nitrogen and oxygen atoms in total. The van der Waals surface area contributed by atoms with Gasteiger partial charge in [-0.05, 0) is 54.6 Å². The third-order valence-corrected chi connectivity index (χ3v) is 9.36. The van der Waals surface area contributed by atoms with Gasteiger partial charge in [0.15, 0.2) is 0 Å². The molecule has 0 saturated heterocycles. The number of urea groups is 1. The van der Waals surface area contributed by atoms with E-state index in [1.54, 1.807) is 0 Å². The molecule has 0 saturated carbocycles. The number of rotatable bonds is 10. The van der Waals surface area contributed by atoms with Crippen LogP contribution in [0.25, 0.3) is 0 Å². The van der Waals surface area contributed by atoms with Gasteiger partial charge in [0.1, 0.15) is 5.00 Å². The molecular weight excluding hydrogens is 538 g/mol. The molecule has 1 aromatic heterocycles. The number of imide groups is 1. The van der Waals surface area contributed by atoms with E-state index in [1.165, 1.54) is 47.0 Å². The van der Waals surface area contributed by atoms with Crippen molar-refractivity contribution in [2.75, 3.05) is 38.5 Å². The zero-order valence-electron chi connectivity index (χ0n) is 23.5. The third-order valence-electron chi connectivity index (χ3n) is 6.38. The number of carbonyl (C=O) groups is 3. The number of carbonyl (C=O) groups excluding carboxylic acids is 3. The van der Waals surface area contributed by atoms with Gasteiger partial charge in [0, 0.05) is 43.7 Å². The SMILES string of the molecule is CCN1CCc2c(sc(NC(=O)c3ccc(S(=O)(=O)N(CC(C)C)CC(C)C)cc3)c2C(=O)NC(=O)NC)C1. The molecule has 12 heteroatoms. The van der Waals surface area contributed by atoms with Gasteiger partial charge in [0.25, 0.3) is 11.8 Å². The fraction of sp³-hybridized carbons (Fsp3) is 0.519. The third kappa shape index (κ3) is 7.44. The number of thiophene rings is 1. The van der Waals surface area contributed by atoms with E-state index in [-0.39, 0.29) is 22.3 Å². The summed E-state index contributed by atoms with van der Waals surface area (Å²) in [6.07, 6.45) is 0.627. The Bertz CT molecular complexity index is 1290. The molecule has 2 aromatic rings. The normalized spacial score (nSPS) is 14.0. The second-order valence-corrected chi connectivity index (χ2v) is 13.5. The van der Waals surface area contributed by atoms with Crippen LogP contribution in [0.2, 0.25) is 0 Å². The van der Waals surface area contributed by atoms with Gasteiger partial charge in [0.05, 0.1) is 10.5 Å². The Labute approximate surface area is 235 Å². The van der Waals surface area contributed by atoms with Gasteiger partial charge in [0.2, 0.25) is 10.0 Å². The maximum atomic E-state index is 13.3. The van der Waals surface area contributed by atoms with E-state index in [1.807, 2.05) is 27.7 Å². The number of anilines is 1. The topological polar surface area (TPSA) is 128 Å². The molecule has 39 heavy (non-hydrogen) atoms. The zero-order valence-corrected chi connectivity index (χ0v) is 25.1. The minimum absolute atomic E-state index is 0.122. The molecule has 0 aliphatic carbocycles. The lowest BCUT2D eigenvalue weighted by Crippen LogP contribution is -2.38. The highest BCUT2D eigenvalue weighted by molar-refractivity contribution is 7.89. The maximum Gasteiger partial charge on any atom is 0.321 e. The molecule has 2 heterocycles. The van der Waals surface area contributed by atoms with Crippen LogP contribution in [0.15, 0.2) is 29.2 Å². The summed E-state index contributed by atoms with van der Waals surface area (Å²) in [4.78, 5) is 41.4. The molecule has 0 unspecified atom stereocenters. The summed E-state index contributed by atoms with van der Waals surface area (Å²) in [7, 11) is -2.31. The van der Waals surface area contributed by atoms with Crippen LogP contribution >= 0.6 is 11.3 Å². The lowest BCUT2D eigenvalue weighted by Gasteiger charge is -2.25. The highest BCUT2D eigenvalue weighted by Gasteiger charge is 2.30. The van der Waals surface area contributed by atoms with Gasteiger partial charge in [-0.1, -0.05) is 34.6 Å². The van der Waals surface area contributed by atoms with Gasteiger partial charge >= 0.3 is 6.03 Å². The summed E-state index contributed by atoms with van der Waals surface area (Å²) in [5.41, 5.74) is 1.38. The summed E-state index contributed by atoms with van der Waals surface area (Å²) >= 11 is 1.32. The van der Waals surface area contributed by atoms with Crippen LogP contribution in [0.3, 0.4) is 0 Å². The predicted molar refractivity (Wildman–Crippen MR) is 154 cm³/mol. The fourth-order valence-electron chi connectivity index (χ4n) is 4.47. The summed E-state index contributed by atoms with van der Waals surface area (Å²) < 4.78 is 28.1. The summed E-state index contributed by atoms with van der Waals surface area (Å²) in [6, 6.07) is 5.19. The van der Waals surface area contributed by atoms with Gasteiger partial charge < -0.3 is 10.6 Å². The lowest BCUT2D eigenvalue weighted by atomic mass is 10.0. The van der Waals surface area contributed by atoms with Gasteiger partial charge in [-0.3, -0.25) is 19.8 Å². The first kappa shape index (κ1) is 30.7. The Morgan fingerprint density at radius 1 is 1.03 bits per heavy atom. The van der Waals surface area contributed by atoms with Crippen molar-refractivity contribution in [3.05, 3.63) is 45.8 Å². The van der Waals surface area contributed by atoms with Crippen LogP contribution < -0.4 is 16.0 Å². The highest BCUT2D eigenvalue weighted by Crippen LogP contribution is 2.37. The first-order valence-corrected chi connectivity index (χ1v) is 15.4. The molecule has 0 atom stereocenters. The molecule has 214 valence electrons. The number of fused-ring (bicyclic) bond motifs is 1. The van der Waals surface area contributed by atoms with Crippen LogP contribution in [0, 0.1) is 11.8 Å². The Kier molecular flexibility index (Phi) is 10.3. The number of likely N-dealkylation sites (N-methyl/N-ethyl adjacent to an activating group) is 1. The molecule has 0 spiro atoms. The number of hydrogen-bond donors (Lipinski definition) is 3. The van der Waals surface area contributed by atoms with E-state index < -0.39 is 27.9 Å². The first-order chi connectivity index (χ1) is 18.4. The molecule has 0 fully saturated rings. The quantitative estimate of drug-likeness (QED) is 0.395. The van der Waals surface area contributed by atoms with E-state index in [0.29, 0.717) is 36.6 Å². The second kappa shape index (κ2) is 13.0. The second-order valence-electron chi connectivity index (χ2n) is 10.4.